The van der Waals surface area contributed by atoms with Gasteiger partial charge in [0.2, 0.25) is 10.0 Å². The highest BCUT2D eigenvalue weighted by Crippen LogP contribution is 2.26. The summed E-state index contributed by atoms with van der Waals surface area (Å²) in [6, 6.07) is 0. The lowest BCUT2D eigenvalue weighted by molar-refractivity contribution is -0.0411. The van der Waals surface area contributed by atoms with Gasteiger partial charge in [-0.1, -0.05) is 15.9 Å². The first kappa shape index (κ1) is 15.9. The number of hydrogen-bond donors (Lipinski definition) is 0. The quantitative estimate of drug-likeness (QED) is 0.755. The molecule has 2 heterocycles. The van der Waals surface area contributed by atoms with Gasteiger partial charge in [-0.05, 0) is 20.8 Å². The van der Waals surface area contributed by atoms with E-state index in [1.165, 1.54) is 4.31 Å². The van der Waals surface area contributed by atoms with Crippen molar-refractivity contribution in [3.05, 3.63) is 11.4 Å². The maximum atomic E-state index is 12.9. The molecule has 1 aromatic heterocycles. The van der Waals surface area contributed by atoms with Gasteiger partial charge >= 0.3 is 0 Å². The number of rotatable bonds is 3. The van der Waals surface area contributed by atoms with Gasteiger partial charge in [0, 0.05) is 25.5 Å². The first-order chi connectivity index (χ1) is 9.27. The second-order valence-corrected chi connectivity index (χ2v) is 7.69. The summed E-state index contributed by atoms with van der Waals surface area (Å²) in [6.45, 7) is 6.13. The summed E-state index contributed by atoms with van der Waals surface area (Å²) < 4.78 is 34.5. The number of morpholine rings is 1. The van der Waals surface area contributed by atoms with E-state index in [0.29, 0.717) is 34.7 Å². The maximum Gasteiger partial charge on any atom is 0.246 e. The Kier molecular flexibility index (Phi) is 4.58. The molecule has 0 amide bonds. The molecule has 1 aliphatic rings. The second-order valence-electron chi connectivity index (χ2n) is 5.17. The van der Waals surface area contributed by atoms with Crippen molar-refractivity contribution in [3.8, 4) is 0 Å². The zero-order valence-corrected chi connectivity index (χ0v) is 14.5. The summed E-state index contributed by atoms with van der Waals surface area (Å²) in [7, 11) is -1.77. The summed E-state index contributed by atoms with van der Waals surface area (Å²) in [5, 5.41) is 4.82. The first-order valence-electron chi connectivity index (χ1n) is 6.49. The number of halogens is 1. The van der Waals surface area contributed by atoms with Crippen molar-refractivity contribution in [2.45, 2.75) is 37.9 Å². The molecule has 0 aliphatic carbocycles. The Morgan fingerprint density at radius 1 is 1.40 bits per heavy atom. The largest absolute Gasteiger partial charge is 0.372 e. The number of ether oxygens (including phenoxy) is 1. The number of aryl methyl sites for hydroxylation is 2. The predicted molar refractivity (Wildman–Crippen MR) is 79.6 cm³/mol. The fraction of sp³-hybridized carbons (Fsp3) is 0.750. The van der Waals surface area contributed by atoms with E-state index in [1.807, 2.05) is 6.92 Å². The molecule has 2 atom stereocenters. The Bertz CT molecular complexity index is 599. The van der Waals surface area contributed by atoms with E-state index in [2.05, 4.69) is 21.0 Å². The molecule has 1 saturated heterocycles. The van der Waals surface area contributed by atoms with E-state index in [4.69, 9.17) is 4.74 Å². The lowest BCUT2D eigenvalue weighted by Crippen LogP contribution is -2.49. The van der Waals surface area contributed by atoms with Crippen molar-refractivity contribution >= 4 is 26.0 Å². The number of nitrogens with zero attached hydrogens (tertiary/aromatic N) is 3. The third-order valence-electron chi connectivity index (χ3n) is 3.51. The Labute approximate surface area is 128 Å². The number of aromatic nitrogens is 2. The molecule has 2 rings (SSSR count). The molecule has 0 N–H and O–H groups in total. The minimum Gasteiger partial charge on any atom is -0.372 e. The zero-order valence-electron chi connectivity index (χ0n) is 12.1. The highest BCUT2D eigenvalue weighted by atomic mass is 79.9. The smallest absolute Gasteiger partial charge is 0.246 e. The van der Waals surface area contributed by atoms with Crippen LogP contribution < -0.4 is 0 Å². The number of alkyl halides is 1. The number of hydrogen-bond acceptors (Lipinski definition) is 4. The lowest BCUT2D eigenvalue weighted by Gasteiger charge is -2.35. The van der Waals surface area contributed by atoms with Gasteiger partial charge in [-0.2, -0.15) is 9.40 Å². The van der Waals surface area contributed by atoms with Crippen LogP contribution in [-0.4, -0.2) is 53.1 Å². The van der Waals surface area contributed by atoms with Crippen LogP contribution in [0.15, 0.2) is 4.90 Å². The van der Waals surface area contributed by atoms with Crippen molar-refractivity contribution in [3.63, 3.8) is 0 Å². The van der Waals surface area contributed by atoms with E-state index in [1.54, 1.807) is 25.6 Å². The minimum absolute atomic E-state index is 0.113. The van der Waals surface area contributed by atoms with Crippen molar-refractivity contribution in [1.82, 2.24) is 14.1 Å². The van der Waals surface area contributed by atoms with Crippen LogP contribution in [0.25, 0.3) is 0 Å². The fourth-order valence-electron chi connectivity index (χ4n) is 2.54. The Morgan fingerprint density at radius 2 is 2.05 bits per heavy atom. The van der Waals surface area contributed by atoms with Crippen LogP contribution in [0.3, 0.4) is 0 Å². The summed E-state index contributed by atoms with van der Waals surface area (Å²) in [5.41, 5.74) is 1.21. The molecular formula is C12H20BrN3O3S. The fourth-order valence-corrected chi connectivity index (χ4v) is 4.84. The van der Waals surface area contributed by atoms with Crippen LogP contribution in [0, 0.1) is 13.8 Å². The van der Waals surface area contributed by atoms with Crippen molar-refractivity contribution in [2.75, 3.05) is 18.4 Å². The highest BCUT2D eigenvalue weighted by molar-refractivity contribution is 9.09. The van der Waals surface area contributed by atoms with Crippen LogP contribution in [-0.2, 0) is 21.8 Å². The summed E-state index contributed by atoms with van der Waals surface area (Å²) in [6.07, 6.45) is -0.232. The van der Waals surface area contributed by atoms with Crippen molar-refractivity contribution < 1.29 is 13.2 Å². The average molecular weight is 366 g/mol. The van der Waals surface area contributed by atoms with Crippen LogP contribution in [0.1, 0.15) is 18.3 Å². The van der Waals surface area contributed by atoms with Crippen LogP contribution >= 0.6 is 15.9 Å². The topological polar surface area (TPSA) is 64.4 Å². The van der Waals surface area contributed by atoms with Gasteiger partial charge in [-0.15, -0.1) is 0 Å². The van der Waals surface area contributed by atoms with Gasteiger partial charge in [0.05, 0.1) is 23.6 Å². The first-order valence-corrected chi connectivity index (χ1v) is 9.05. The van der Waals surface area contributed by atoms with Gasteiger partial charge in [0.25, 0.3) is 0 Å². The molecule has 114 valence electrons. The lowest BCUT2D eigenvalue weighted by atomic mass is 10.3. The predicted octanol–water partition coefficient (Wildman–Crippen LogP) is 1.21. The number of sulfonamides is 1. The van der Waals surface area contributed by atoms with Crippen molar-refractivity contribution in [2.24, 2.45) is 7.05 Å². The molecule has 1 aromatic rings. The normalized spacial score (nSPS) is 25.1. The molecule has 20 heavy (non-hydrogen) atoms. The van der Waals surface area contributed by atoms with E-state index in [0.717, 1.165) is 0 Å². The van der Waals surface area contributed by atoms with Gasteiger partial charge in [0.15, 0.2) is 0 Å². The van der Waals surface area contributed by atoms with Crippen molar-refractivity contribution in [1.29, 1.82) is 0 Å². The minimum atomic E-state index is -3.53. The van der Waals surface area contributed by atoms with Gasteiger partial charge < -0.3 is 4.74 Å². The Hall–Kier alpha value is -0.440. The molecule has 0 bridgehead atoms. The molecule has 1 aliphatic heterocycles. The third-order valence-corrected chi connectivity index (χ3v) is 6.31. The molecule has 1 fully saturated rings. The highest BCUT2D eigenvalue weighted by Gasteiger charge is 2.36. The van der Waals surface area contributed by atoms with Crippen LogP contribution in [0.2, 0.25) is 0 Å². The van der Waals surface area contributed by atoms with E-state index in [9.17, 15) is 8.42 Å². The molecule has 0 spiro atoms. The van der Waals surface area contributed by atoms with E-state index >= 15 is 0 Å². The second kappa shape index (κ2) is 5.75. The molecule has 0 saturated carbocycles. The maximum absolute atomic E-state index is 12.9. The van der Waals surface area contributed by atoms with Gasteiger partial charge in [-0.25, -0.2) is 8.42 Å². The van der Waals surface area contributed by atoms with Crippen LogP contribution in [0.5, 0.6) is 0 Å². The average Bonchev–Trinajstić information content (AvgIpc) is 2.62. The summed E-state index contributed by atoms with van der Waals surface area (Å²) in [4.78, 5) is 0.322. The van der Waals surface area contributed by atoms with E-state index < -0.39 is 10.0 Å². The molecule has 2 unspecified atom stereocenters. The molecule has 8 heteroatoms. The zero-order chi connectivity index (χ0) is 15.1. The summed E-state index contributed by atoms with van der Waals surface area (Å²) >= 11 is 3.36. The monoisotopic (exact) mass is 365 g/mol. The summed E-state index contributed by atoms with van der Waals surface area (Å²) in [5.74, 6) is 0. The molecule has 0 radical (unpaired) electrons. The molecular weight excluding hydrogens is 346 g/mol. The van der Waals surface area contributed by atoms with Gasteiger partial charge in [-0.3, -0.25) is 4.68 Å². The van der Waals surface area contributed by atoms with Crippen LogP contribution in [0.4, 0.5) is 0 Å². The standard InChI is InChI=1S/C12H20BrN3O3S/c1-8-6-16(7-11(5-13)19-8)20(17,18)12-9(2)14-15(4)10(12)3/h8,11H,5-7H2,1-4H3. The Morgan fingerprint density at radius 3 is 2.55 bits per heavy atom. The SMILES string of the molecule is Cc1nn(C)c(C)c1S(=O)(=O)N1CC(C)OC(CBr)C1. The molecule has 0 aromatic carbocycles. The third kappa shape index (κ3) is 2.79. The Balaban J connectivity index is 2.39. The van der Waals surface area contributed by atoms with Gasteiger partial charge in [0.1, 0.15) is 4.90 Å². The van der Waals surface area contributed by atoms with E-state index in [-0.39, 0.29) is 12.2 Å². The molecule has 6 nitrogen and oxygen atoms in total.